The number of nitrogens with two attached hydrogens (primary N) is 2. The van der Waals surface area contributed by atoms with Crippen molar-refractivity contribution in [3.63, 3.8) is 0 Å². The average Bonchev–Trinajstić information content (AvgIpc) is 2.84. The maximum atomic E-state index is 14.5. The van der Waals surface area contributed by atoms with Gasteiger partial charge in [-0.1, -0.05) is 31.0 Å². The largest absolute Gasteiger partial charge is 0.524 e. The monoisotopic (exact) mass is 547 g/mol. The fourth-order valence-corrected chi connectivity index (χ4v) is 3.92. The number of alkyl halides is 1. The highest BCUT2D eigenvalue weighted by atomic mass is 31.2. The molecule has 0 fully saturated rings. The Kier molecular flexibility index (Phi) is 15.6. The number of nitrogens with zero attached hydrogens (tertiary/aromatic N) is 1. The molecule has 8 N–H and O–H groups in total. The molecule has 37 heavy (non-hydrogen) atoms. The average molecular weight is 548 g/mol. The summed E-state index contributed by atoms with van der Waals surface area (Å²) >= 11 is 0. The highest BCUT2D eigenvalue weighted by molar-refractivity contribution is 7.46. The summed E-state index contributed by atoms with van der Waals surface area (Å²) in [6.07, 6.45) is 1.69. The van der Waals surface area contributed by atoms with Crippen molar-refractivity contribution in [2.24, 2.45) is 11.5 Å². The maximum Gasteiger partial charge on any atom is 0.524 e. The van der Waals surface area contributed by atoms with Gasteiger partial charge in [-0.05, 0) is 25.3 Å². The lowest BCUT2D eigenvalue weighted by molar-refractivity contribution is -0.131. The zero-order valence-corrected chi connectivity index (χ0v) is 21.8. The Balaban J connectivity index is 2.17. The number of phosphoric ester groups is 1. The number of benzene rings is 1. The SMILES string of the molecule is NCCN(CCN)C(=O)CCCC(=O)NCCCCCCNC(=O)C(F)c1ccccc1OP(=O)(O)O. The highest BCUT2D eigenvalue weighted by Gasteiger charge is 2.26. The van der Waals surface area contributed by atoms with Crippen molar-refractivity contribution in [2.75, 3.05) is 39.3 Å². The van der Waals surface area contributed by atoms with Gasteiger partial charge in [0.2, 0.25) is 18.0 Å². The third-order valence-corrected chi connectivity index (χ3v) is 5.74. The van der Waals surface area contributed by atoms with Gasteiger partial charge in [-0.25, -0.2) is 8.96 Å². The summed E-state index contributed by atoms with van der Waals surface area (Å²) in [5.41, 5.74) is 10.7. The van der Waals surface area contributed by atoms with Gasteiger partial charge in [0.05, 0.1) is 0 Å². The molecule has 0 aliphatic carbocycles. The Morgan fingerprint density at radius 2 is 1.54 bits per heavy atom. The van der Waals surface area contributed by atoms with E-state index in [2.05, 4.69) is 15.2 Å². The minimum Gasteiger partial charge on any atom is -0.404 e. The number of amides is 3. The van der Waals surface area contributed by atoms with E-state index >= 15 is 0 Å². The molecule has 0 saturated carbocycles. The lowest BCUT2D eigenvalue weighted by atomic mass is 10.1. The van der Waals surface area contributed by atoms with Crippen molar-refractivity contribution < 1.29 is 37.6 Å². The molecule has 0 bridgehead atoms. The minimum absolute atomic E-state index is 0.0615. The van der Waals surface area contributed by atoms with Gasteiger partial charge in [0.25, 0.3) is 5.91 Å². The fraction of sp³-hybridized carbons (Fsp3) is 0.609. The van der Waals surface area contributed by atoms with Gasteiger partial charge in [-0.2, -0.15) is 0 Å². The van der Waals surface area contributed by atoms with Crippen LogP contribution in [0.4, 0.5) is 4.39 Å². The molecule has 0 aliphatic rings. The molecule has 0 spiro atoms. The van der Waals surface area contributed by atoms with Gasteiger partial charge < -0.3 is 31.5 Å². The lowest BCUT2D eigenvalue weighted by Crippen LogP contribution is -2.38. The van der Waals surface area contributed by atoms with Crippen molar-refractivity contribution >= 4 is 25.5 Å². The van der Waals surface area contributed by atoms with Crippen molar-refractivity contribution in [3.05, 3.63) is 29.8 Å². The number of para-hydroxylation sites is 1. The molecule has 210 valence electrons. The van der Waals surface area contributed by atoms with E-state index in [4.69, 9.17) is 21.3 Å². The second-order valence-electron chi connectivity index (χ2n) is 8.35. The lowest BCUT2D eigenvalue weighted by Gasteiger charge is -2.21. The summed E-state index contributed by atoms with van der Waals surface area (Å²) in [7, 11) is -4.90. The van der Waals surface area contributed by atoms with E-state index in [1.54, 1.807) is 4.90 Å². The van der Waals surface area contributed by atoms with E-state index in [1.807, 2.05) is 0 Å². The molecule has 0 radical (unpaired) electrons. The van der Waals surface area contributed by atoms with Crippen molar-refractivity contribution in [2.45, 2.75) is 51.1 Å². The molecule has 1 rings (SSSR count). The van der Waals surface area contributed by atoms with Crippen LogP contribution in [0.15, 0.2) is 24.3 Å². The number of nitrogens with one attached hydrogen (secondary N) is 2. The summed E-state index contributed by atoms with van der Waals surface area (Å²) < 4.78 is 30.0. The Bertz CT molecular complexity index is 896. The quantitative estimate of drug-likeness (QED) is 0.108. The fourth-order valence-electron chi connectivity index (χ4n) is 3.49. The van der Waals surface area contributed by atoms with Gasteiger partial charge >= 0.3 is 7.82 Å². The molecule has 0 aromatic heterocycles. The molecule has 1 aromatic rings. The Morgan fingerprint density at radius 3 is 2.14 bits per heavy atom. The first-order chi connectivity index (χ1) is 17.6. The van der Waals surface area contributed by atoms with Crippen LogP contribution in [0.25, 0.3) is 0 Å². The molecule has 3 amide bonds. The minimum atomic E-state index is -4.90. The Hall–Kier alpha value is -2.57. The second-order valence-corrected chi connectivity index (χ2v) is 9.51. The smallest absolute Gasteiger partial charge is 0.404 e. The van der Waals surface area contributed by atoms with E-state index in [0.29, 0.717) is 45.6 Å². The van der Waals surface area contributed by atoms with Crippen molar-refractivity contribution in [1.82, 2.24) is 15.5 Å². The first-order valence-electron chi connectivity index (χ1n) is 12.3. The van der Waals surface area contributed by atoms with Crippen LogP contribution in [0.2, 0.25) is 0 Å². The number of phosphoric acid groups is 1. The second kappa shape index (κ2) is 17.8. The van der Waals surface area contributed by atoms with E-state index in [0.717, 1.165) is 19.3 Å². The molecular formula is C23H39FN5O7P. The summed E-state index contributed by atoms with van der Waals surface area (Å²) in [4.78, 5) is 55.6. The number of halogens is 1. The zero-order chi connectivity index (χ0) is 27.7. The number of rotatable bonds is 19. The molecule has 12 nitrogen and oxygen atoms in total. The first-order valence-corrected chi connectivity index (χ1v) is 13.8. The van der Waals surface area contributed by atoms with Crippen LogP contribution in [0.3, 0.4) is 0 Å². The topological polar surface area (TPSA) is 197 Å². The standard InChI is InChI=1S/C23H39FN5O7P/c24-22(18-8-3-4-9-19(18)36-37(33,34)35)23(32)28-15-6-2-1-5-14-27-20(30)10-7-11-21(31)29(16-12-25)17-13-26/h3-4,8-9,22H,1-2,5-7,10-17,25-26H2,(H,27,30)(H,28,32)(H2,33,34,35). The van der Waals surface area contributed by atoms with E-state index in [-0.39, 0.29) is 36.8 Å². The summed E-state index contributed by atoms with van der Waals surface area (Å²) in [5, 5.41) is 5.27. The van der Waals surface area contributed by atoms with Gasteiger partial charge in [0, 0.05) is 57.7 Å². The summed E-state index contributed by atoms with van der Waals surface area (Å²) in [6.45, 7) is 2.34. The van der Waals surface area contributed by atoms with Crippen molar-refractivity contribution in [3.8, 4) is 5.75 Å². The van der Waals surface area contributed by atoms with Crippen LogP contribution in [0.1, 0.15) is 56.7 Å². The van der Waals surface area contributed by atoms with E-state index < -0.39 is 25.7 Å². The Labute approximate surface area is 216 Å². The summed E-state index contributed by atoms with van der Waals surface area (Å²) in [5.74, 6) is -1.51. The number of hydrogen-bond acceptors (Lipinski definition) is 7. The molecule has 0 saturated heterocycles. The number of hydrogen-bond donors (Lipinski definition) is 6. The van der Waals surface area contributed by atoms with Gasteiger partial charge in [0.15, 0.2) is 0 Å². The number of carbonyl (C=O) groups excluding carboxylic acids is 3. The number of carbonyl (C=O) groups is 3. The molecule has 1 aromatic carbocycles. The van der Waals surface area contributed by atoms with E-state index in [1.165, 1.54) is 24.3 Å². The number of unbranched alkanes of at least 4 members (excludes halogenated alkanes) is 3. The van der Waals surface area contributed by atoms with Gasteiger partial charge in [-0.15, -0.1) is 0 Å². The molecule has 1 atom stereocenters. The predicted molar refractivity (Wildman–Crippen MR) is 136 cm³/mol. The van der Waals surface area contributed by atoms with Crippen LogP contribution in [-0.2, 0) is 18.9 Å². The van der Waals surface area contributed by atoms with Crippen LogP contribution in [0, 0.1) is 0 Å². The van der Waals surface area contributed by atoms with Gasteiger partial charge in [-0.3, -0.25) is 24.2 Å². The molecule has 14 heteroatoms. The van der Waals surface area contributed by atoms with Crippen molar-refractivity contribution in [1.29, 1.82) is 0 Å². The van der Waals surface area contributed by atoms with Crippen LogP contribution < -0.4 is 26.6 Å². The zero-order valence-electron chi connectivity index (χ0n) is 20.9. The molecule has 1 unspecified atom stereocenters. The third kappa shape index (κ3) is 14.1. The van der Waals surface area contributed by atoms with E-state index in [9.17, 15) is 23.3 Å². The first kappa shape index (κ1) is 32.5. The maximum absolute atomic E-state index is 14.5. The predicted octanol–water partition coefficient (Wildman–Crippen LogP) is 0.878. The summed E-state index contributed by atoms with van der Waals surface area (Å²) in [6, 6.07) is 5.23. The van der Waals surface area contributed by atoms with Crippen LogP contribution in [0.5, 0.6) is 5.75 Å². The molecule has 0 aliphatic heterocycles. The molecular weight excluding hydrogens is 508 g/mol. The van der Waals surface area contributed by atoms with Crippen LogP contribution in [-0.4, -0.2) is 71.7 Å². The Morgan fingerprint density at radius 1 is 0.946 bits per heavy atom. The third-order valence-electron chi connectivity index (χ3n) is 5.31. The van der Waals surface area contributed by atoms with Gasteiger partial charge in [0.1, 0.15) is 5.75 Å². The normalized spacial score (nSPS) is 12.0. The van der Waals surface area contributed by atoms with Crippen LogP contribution >= 0.6 is 7.82 Å². The molecule has 0 heterocycles. The highest BCUT2D eigenvalue weighted by Crippen LogP contribution is 2.41.